The molecule has 1 saturated heterocycles. The molecule has 3 heterocycles. The number of hydrogen-bond acceptors (Lipinski definition) is 7. The van der Waals surface area contributed by atoms with Crippen LogP contribution >= 0.6 is 11.3 Å². The van der Waals surface area contributed by atoms with Gasteiger partial charge < -0.3 is 14.6 Å². The van der Waals surface area contributed by atoms with Crippen molar-refractivity contribution in [3.05, 3.63) is 75.4 Å². The van der Waals surface area contributed by atoms with Gasteiger partial charge in [-0.05, 0) is 23.8 Å². The Balaban J connectivity index is 1.44. The van der Waals surface area contributed by atoms with Crippen LogP contribution in [-0.4, -0.2) is 67.8 Å². The van der Waals surface area contributed by atoms with Crippen molar-refractivity contribution < 1.29 is 22.7 Å². The Morgan fingerprint density at radius 2 is 1.73 bits per heavy atom. The predicted octanol–water partition coefficient (Wildman–Crippen LogP) is 2.04. The third-order valence-corrected chi connectivity index (χ3v) is 8.65. The number of rotatable bonds is 5. The zero-order chi connectivity index (χ0) is 23.6. The van der Waals surface area contributed by atoms with Gasteiger partial charge in [0.1, 0.15) is 9.77 Å². The van der Waals surface area contributed by atoms with Crippen molar-refractivity contribution in [2.45, 2.75) is 4.21 Å². The van der Waals surface area contributed by atoms with Crippen LogP contribution in [0.3, 0.4) is 0 Å². The molecule has 0 spiro atoms. The van der Waals surface area contributed by atoms with Crippen LogP contribution in [0.2, 0.25) is 0 Å². The molecular weight excluding hydrogens is 466 g/mol. The molecule has 1 aliphatic rings. The number of amides is 1. The van der Waals surface area contributed by atoms with Crippen molar-refractivity contribution in [3.63, 3.8) is 0 Å². The van der Waals surface area contributed by atoms with E-state index in [9.17, 15) is 22.8 Å². The summed E-state index contributed by atoms with van der Waals surface area (Å²) in [5, 5.41) is 1.43. The van der Waals surface area contributed by atoms with E-state index in [1.54, 1.807) is 6.07 Å². The number of methoxy groups -OCH3 is 1. The van der Waals surface area contributed by atoms with E-state index in [-0.39, 0.29) is 41.5 Å². The Morgan fingerprint density at radius 1 is 1.03 bits per heavy atom. The summed E-state index contributed by atoms with van der Waals surface area (Å²) in [6.07, 6.45) is 0. The summed E-state index contributed by atoms with van der Waals surface area (Å²) in [6, 6.07) is 13.8. The Bertz CT molecular complexity index is 1340. The lowest BCUT2D eigenvalue weighted by atomic mass is 10.1. The van der Waals surface area contributed by atoms with Crippen LogP contribution in [0.1, 0.15) is 20.7 Å². The average Bonchev–Trinajstić information content (AvgIpc) is 3.35. The number of nitrogens with one attached hydrogen (secondary N) is 1. The molecule has 0 saturated carbocycles. The maximum Gasteiger partial charge on any atom is 0.338 e. The molecule has 11 heteroatoms. The van der Waals surface area contributed by atoms with Crippen LogP contribution in [0.25, 0.3) is 11.3 Å². The number of ether oxygens (including phenoxy) is 1. The van der Waals surface area contributed by atoms with E-state index in [1.807, 2.05) is 30.3 Å². The highest BCUT2D eigenvalue weighted by atomic mass is 32.2. The number of carbonyl (C=O) groups excluding carboxylic acids is 2. The molecule has 4 rings (SSSR count). The van der Waals surface area contributed by atoms with E-state index in [2.05, 4.69) is 9.72 Å². The van der Waals surface area contributed by atoms with Crippen LogP contribution < -0.4 is 5.56 Å². The molecule has 1 fully saturated rings. The van der Waals surface area contributed by atoms with Gasteiger partial charge in [-0.15, -0.1) is 11.3 Å². The number of esters is 1. The molecule has 172 valence electrons. The summed E-state index contributed by atoms with van der Waals surface area (Å²) >= 11 is 0.943. The zero-order valence-corrected chi connectivity index (χ0v) is 19.3. The molecule has 2 aromatic heterocycles. The third kappa shape index (κ3) is 4.61. The van der Waals surface area contributed by atoms with Gasteiger partial charge in [-0.25, -0.2) is 13.2 Å². The zero-order valence-electron chi connectivity index (χ0n) is 17.7. The average molecular weight is 488 g/mol. The molecule has 0 atom stereocenters. The van der Waals surface area contributed by atoms with Crippen LogP contribution in [0.15, 0.2) is 62.9 Å². The van der Waals surface area contributed by atoms with Gasteiger partial charge in [0.2, 0.25) is 0 Å². The van der Waals surface area contributed by atoms with Crippen molar-refractivity contribution in [2.75, 3.05) is 33.3 Å². The first-order valence-electron chi connectivity index (χ1n) is 10.1. The second kappa shape index (κ2) is 9.30. The van der Waals surface area contributed by atoms with Crippen LogP contribution in [0.5, 0.6) is 0 Å². The fraction of sp³-hybridized carbons (Fsp3) is 0.227. The lowest BCUT2D eigenvalue weighted by molar-refractivity contribution is 0.0600. The number of nitrogens with zero attached hydrogens (tertiary/aromatic N) is 2. The molecular formula is C22H21N3O6S2. The van der Waals surface area contributed by atoms with E-state index >= 15 is 0 Å². The van der Waals surface area contributed by atoms with E-state index in [0.29, 0.717) is 5.69 Å². The third-order valence-electron chi connectivity index (χ3n) is 5.34. The van der Waals surface area contributed by atoms with Crippen molar-refractivity contribution in [3.8, 4) is 11.3 Å². The first-order chi connectivity index (χ1) is 15.8. The van der Waals surface area contributed by atoms with Gasteiger partial charge >= 0.3 is 5.97 Å². The Morgan fingerprint density at radius 3 is 2.36 bits per heavy atom. The number of aromatic nitrogens is 1. The predicted molar refractivity (Wildman–Crippen MR) is 123 cm³/mol. The fourth-order valence-electron chi connectivity index (χ4n) is 3.53. The highest BCUT2D eigenvalue weighted by Gasteiger charge is 2.32. The quantitative estimate of drug-likeness (QED) is 0.551. The summed E-state index contributed by atoms with van der Waals surface area (Å²) in [4.78, 5) is 41.3. The number of H-pyrrole nitrogens is 1. The van der Waals surface area contributed by atoms with Gasteiger partial charge in [0.05, 0.1) is 12.7 Å². The molecule has 3 aromatic rings. The van der Waals surface area contributed by atoms with Crippen molar-refractivity contribution in [1.82, 2.24) is 14.2 Å². The fourth-order valence-corrected chi connectivity index (χ4v) is 6.26. The van der Waals surface area contributed by atoms with Crippen molar-refractivity contribution >= 4 is 33.2 Å². The molecule has 1 aliphatic heterocycles. The number of sulfonamides is 1. The first kappa shape index (κ1) is 22.9. The number of pyridine rings is 1. The monoisotopic (exact) mass is 487 g/mol. The Kier molecular flexibility index (Phi) is 6.45. The lowest BCUT2D eigenvalue weighted by Gasteiger charge is -2.33. The molecule has 0 bridgehead atoms. The van der Waals surface area contributed by atoms with Crippen molar-refractivity contribution in [1.29, 1.82) is 0 Å². The number of aromatic amines is 1. The summed E-state index contributed by atoms with van der Waals surface area (Å²) in [7, 11) is -2.58. The van der Waals surface area contributed by atoms with Gasteiger partial charge in [0, 0.05) is 37.3 Å². The molecule has 1 amide bonds. The lowest BCUT2D eigenvalue weighted by Crippen LogP contribution is -2.51. The normalized spacial score (nSPS) is 14.8. The van der Waals surface area contributed by atoms with E-state index < -0.39 is 27.5 Å². The molecule has 1 aromatic carbocycles. The van der Waals surface area contributed by atoms with Crippen LogP contribution in [-0.2, 0) is 14.8 Å². The Labute approximate surface area is 194 Å². The maximum atomic E-state index is 12.9. The Hall–Kier alpha value is -3.28. The minimum absolute atomic E-state index is 0.00645. The second-order valence-electron chi connectivity index (χ2n) is 7.32. The minimum Gasteiger partial charge on any atom is -0.465 e. The molecule has 0 aliphatic carbocycles. The van der Waals surface area contributed by atoms with E-state index in [1.165, 1.54) is 33.8 Å². The number of benzene rings is 1. The van der Waals surface area contributed by atoms with Gasteiger partial charge in [0.25, 0.3) is 21.5 Å². The topological polar surface area (TPSA) is 117 Å². The van der Waals surface area contributed by atoms with E-state index in [0.717, 1.165) is 16.9 Å². The summed E-state index contributed by atoms with van der Waals surface area (Å²) < 4.78 is 31.7. The molecule has 33 heavy (non-hydrogen) atoms. The van der Waals surface area contributed by atoms with Gasteiger partial charge in [-0.2, -0.15) is 4.31 Å². The SMILES string of the molecule is COC(=O)c1csc(S(=O)(=O)N2CCN(C(=O)c3ccc(-c4ccccc4)[nH]c3=O)CC2)c1. The summed E-state index contributed by atoms with van der Waals surface area (Å²) in [5.41, 5.74) is 1.12. The van der Waals surface area contributed by atoms with Crippen LogP contribution in [0.4, 0.5) is 0 Å². The highest BCUT2D eigenvalue weighted by molar-refractivity contribution is 7.91. The largest absolute Gasteiger partial charge is 0.465 e. The molecule has 1 N–H and O–H groups in total. The standard InChI is InChI=1S/C22H21N3O6S2/c1-31-22(28)16-13-19(32-14-16)33(29,30)25-11-9-24(10-12-25)21(27)17-7-8-18(23-20(17)26)15-5-3-2-4-6-15/h2-8,13-14H,9-12H2,1H3,(H,23,26). The van der Waals surface area contributed by atoms with E-state index in [4.69, 9.17) is 0 Å². The smallest absolute Gasteiger partial charge is 0.338 e. The van der Waals surface area contributed by atoms with Gasteiger partial charge in [-0.3, -0.25) is 9.59 Å². The first-order valence-corrected chi connectivity index (χ1v) is 12.4. The number of piperazine rings is 1. The summed E-state index contributed by atoms with van der Waals surface area (Å²) in [6.45, 7) is 0.458. The van der Waals surface area contributed by atoms with Crippen LogP contribution in [0, 0.1) is 0 Å². The molecule has 0 radical (unpaired) electrons. The van der Waals surface area contributed by atoms with Crippen molar-refractivity contribution in [2.24, 2.45) is 0 Å². The second-order valence-corrected chi connectivity index (χ2v) is 10.4. The van der Waals surface area contributed by atoms with Gasteiger partial charge in [0.15, 0.2) is 0 Å². The number of thiophene rings is 1. The molecule has 9 nitrogen and oxygen atoms in total. The number of hydrogen-bond donors (Lipinski definition) is 1. The number of carbonyl (C=O) groups is 2. The van der Waals surface area contributed by atoms with Gasteiger partial charge in [-0.1, -0.05) is 30.3 Å². The maximum absolute atomic E-state index is 12.9. The minimum atomic E-state index is -3.80. The summed E-state index contributed by atoms with van der Waals surface area (Å²) in [5.74, 6) is -1.05. The highest BCUT2D eigenvalue weighted by Crippen LogP contribution is 2.25. The molecule has 0 unspecified atom stereocenters.